The second kappa shape index (κ2) is 5.01. The van der Waals surface area contributed by atoms with Crippen LogP contribution in [0, 0.1) is 0 Å². The number of aromatic nitrogens is 1. The molecular formula is C10H11ClF3NO3Si-. The van der Waals surface area contributed by atoms with Crippen molar-refractivity contribution >= 4 is 30.8 Å². The molecule has 0 atom stereocenters. The van der Waals surface area contributed by atoms with E-state index in [1.807, 2.05) is 0 Å². The van der Waals surface area contributed by atoms with Gasteiger partial charge >= 0.3 is 12.3 Å². The van der Waals surface area contributed by atoms with Crippen molar-refractivity contribution in [2.75, 3.05) is 0 Å². The zero-order valence-corrected chi connectivity index (χ0v) is 12.1. The van der Waals surface area contributed by atoms with Gasteiger partial charge in [0.25, 0.3) is 0 Å². The zero-order valence-electron chi connectivity index (χ0n) is 10.3. The van der Waals surface area contributed by atoms with E-state index in [0.717, 1.165) is 6.07 Å². The summed E-state index contributed by atoms with van der Waals surface area (Å²) < 4.78 is 40.7. The number of nitrogens with zero attached hydrogens (tertiary/aromatic N) is 1. The Kier molecular flexibility index (Phi) is 4.16. The first-order chi connectivity index (χ1) is 8.42. The lowest BCUT2D eigenvalue weighted by atomic mass is 10.3. The maximum Gasteiger partial charge on any atom is 0.574 e. The van der Waals surface area contributed by atoms with Crippen molar-refractivity contribution in [1.82, 2.24) is 4.98 Å². The van der Waals surface area contributed by atoms with Gasteiger partial charge in [0.2, 0.25) is 0 Å². The third-order valence-electron chi connectivity index (χ3n) is 2.19. The van der Waals surface area contributed by atoms with Crippen molar-refractivity contribution in [3.05, 3.63) is 16.8 Å². The molecule has 0 aliphatic carbocycles. The van der Waals surface area contributed by atoms with E-state index in [9.17, 15) is 18.0 Å². The largest absolute Gasteiger partial charge is 0.574 e. The van der Waals surface area contributed by atoms with Crippen LogP contribution in [0.1, 0.15) is 10.4 Å². The Morgan fingerprint density at radius 3 is 2.32 bits per heavy atom. The van der Waals surface area contributed by atoms with Gasteiger partial charge in [0.05, 0.1) is 5.56 Å². The number of carbonyl (C=O) groups is 1. The monoisotopic (exact) mass is 313 g/mol. The fraction of sp³-hybridized carbons (Fsp3) is 0.400. The molecule has 0 aromatic carbocycles. The fourth-order valence-electron chi connectivity index (χ4n) is 1.35. The second-order valence-electron chi connectivity index (χ2n) is 4.78. The Balaban J connectivity index is 3.46. The first kappa shape index (κ1) is 15.8. The first-order valence-corrected chi connectivity index (χ1v) is 8.99. The van der Waals surface area contributed by atoms with Gasteiger partial charge in [0.1, 0.15) is 5.15 Å². The Bertz CT molecular complexity index is 514. The van der Waals surface area contributed by atoms with E-state index in [1.54, 1.807) is 19.6 Å². The summed E-state index contributed by atoms with van der Waals surface area (Å²) in [4.78, 5) is 14.3. The van der Waals surface area contributed by atoms with Crippen LogP contribution in [0.25, 0.3) is 0 Å². The number of hydrogen-bond acceptors (Lipinski definition) is 3. The van der Waals surface area contributed by atoms with E-state index in [2.05, 4.69) is 9.72 Å². The van der Waals surface area contributed by atoms with Gasteiger partial charge in [-0.25, -0.2) is 9.78 Å². The van der Waals surface area contributed by atoms with Crippen LogP contribution in [-0.2, 0) is 0 Å². The molecule has 0 spiro atoms. The lowest BCUT2D eigenvalue weighted by Gasteiger charge is -2.31. The van der Waals surface area contributed by atoms with Crippen LogP contribution in [0.4, 0.5) is 13.2 Å². The van der Waals surface area contributed by atoms with Crippen molar-refractivity contribution in [1.29, 1.82) is 0 Å². The number of alkyl halides is 3. The predicted molar refractivity (Wildman–Crippen MR) is 65.9 cm³/mol. The van der Waals surface area contributed by atoms with Crippen molar-refractivity contribution < 1.29 is 27.8 Å². The highest BCUT2D eigenvalue weighted by Gasteiger charge is 2.33. The zero-order chi connectivity index (χ0) is 15.0. The van der Waals surface area contributed by atoms with Gasteiger partial charge in [0.15, 0.2) is 5.88 Å². The number of halogens is 4. The molecule has 4 nitrogen and oxygen atoms in total. The molecule has 0 amide bonds. The van der Waals surface area contributed by atoms with E-state index < -0.39 is 31.4 Å². The van der Waals surface area contributed by atoms with Crippen molar-refractivity contribution in [3.63, 3.8) is 0 Å². The van der Waals surface area contributed by atoms with Crippen molar-refractivity contribution in [2.24, 2.45) is 0 Å². The molecule has 0 aliphatic heterocycles. The Morgan fingerprint density at radius 1 is 1.42 bits per heavy atom. The van der Waals surface area contributed by atoms with Crippen LogP contribution in [0.15, 0.2) is 6.07 Å². The Hall–Kier alpha value is -1.28. The van der Waals surface area contributed by atoms with Gasteiger partial charge in [-0.05, 0) is 0 Å². The summed E-state index contributed by atoms with van der Waals surface area (Å²) in [5.74, 6) is -2.03. The summed E-state index contributed by atoms with van der Waals surface area (Å²) in [5.41, 5.74) is -0.339. The molecule has 1 aromatic heterocycles. The van der Waals surface area contributed by atoms with Crippen LogP contribution in [-0.4, -0.2) is 30.5 Å². The van der Waals surface area contributed by atoms with Crippen molar-refractivity contribution in [3.8, 4) is 5.88 Å². The van der Waals surface area contributed by atoms with Gasteiger partial charge in [0, 0.05) is 0 Å². The average molecular weight is 314 g/mol. The maximum atomic E-state index is 12.3. The number of pyridine rings is 1. The van der Waals surface area contributed by atoms with Crippen LogP contribution < -0.4 is 9.92 Å². The maximum absolute atomic E-state index is 12.3. The van der Waals surface area contributed by atoms with Crippen LogP contribution >= 0.6 is 11.6 Å². The molecule has 0 unspecified atom stereocenters. The Labute approximate surface area is 113 Å². The molecule has 1 heterocycles. The lowest BCUT2D eigenvalue weighted by Crippen LogP contribution is -2.41. The van der Waals surface area contributed by atoms with Gasteiger partial charge in [-0.2, -0.15) is 19.6 Å². The number of hydrogen-bond donors (Lipinski definition) is 1. The number of carboxylic acid groups (broad SMARTS) is 1. The number of ether oxygens (including phenoxy) is 1. The molecule has 0 bridgehead atoms. The van der Waals surface area contributed by atoms with Gasteiger partial charge in [-0.15, -0.1) is 26.4 Å². The summed E-state index contributed by atoms with van der Waals surface area (Å²) in [7, 11) is -2.29. The molecule has 0 saturated heterocycles. The standard InChI is InChI=1S/C10H11ClF3NO3Si/c1-19(2,3)6-4-5(9(16)17)7(11)15-8(6)18-10(12,13)14/h4H,1-3H3,(H,16,17)/q-1. The smallest absolute Gasteiger partial charge is 0.478 e. The molecule has 0 radical (unpaired) electrons. The number of aromatic carboxylic acids is 1. The molecular weight excluding hydrogens is 303 g/mol. The first-order valence-electron chi connectivity index (χ1n) is 5.12. The molecule has 0 fully saturated rings. The van der Waals surface area contributed by atoms with E-state index in [1.165, 1.54) is 0 Å². The van der Waals surface area contributed by atoms with E-state index in [-0.39, 0.29) is 10.8 Å². The molecule has 1 rings (SSSR count). The fourth-order valence-corrected chi connectivity index (χ4v) is 2.89. The predicted octanol–water partition coefficient (Wildman–Crippen LogP) is 2.88. The van der Waals surface area contributed by atoms with Gasteiger partial charge in [-0.1, -0.05) is 17.7 Å². The molecule has 107 valence electrons. The molecule has 19 heavy (non-hydrogen) atoms. The highest BCUT2D eigenvalue weighted by atomic mass is 35.5. The Morgan fingerprint density at radius 2 is 1.95 bits per heavy atom. The summed E-state index contributed by atoms with van der Waals surface area (Å²) in [6, 6.07) is 1.10. The summed E-state index contributed by atoms with van der Waals surface area (Å²) >= 11 is 5.55. The van der Waals surface area contributed by atoms with Crippen LogP contribution in [0.2, 0.25) is 24.8 Å². The van der Waals surface area contributed by atoms with Gasteiger partial charge < -0.3 is 9.84 Å². The quantitative estimate of drug-likeness (QED) is 0.688. The van der Waals surface area contributed by atoms with Crippen molar-refractivity contribution in [2.45, 2.75) is 26.0 Å². The van der Waals surface area contributed by atoms with E-state index in [0.29, 0.717) is 0 Å². The third-order valence-corrected chi connectivity index (χ3v) is 4.45. The minimum absolute atomic E-state index is 0.145. The minimum atomic E-state index is -4.91. The molecule has 0 aliphatic rings. The molecule has 1 aromatic rings. The number of carboxylic acids is 1. The summed E-state index contributed by atoms with van der Waals surface area (Å²) in [5, 5.41) is 8.52. The average Bonchev–Trinajstić information content (AvgIpc) is 2.11. The highest BCUT2D eigenvalue weighted by molar-refractivity contribution is 6.89. The van der Waals surface area contributed by atoms with Crippen LogP contribution in [0.5, 0.6) is 5.88 Å². The highest BCUT2D eigenvalue weighted by Crippen LogP contribution is 2.25. The minimum Gasteiger partial charge on any atom is -0.478 e. The summed E-state index contributed by atoms with van der Waals surface area (Å²) in [6.07, 6.45) is -4.91. The molecule has 1 N–H and O–H groups in total. The second-order valence-corrected chi connectivity index (χ2v) is 10.2. The molecule has 0 saturated carbocycles. The molecule has 9 heteroatoms. The third kappa shape index (κ3) is 4.10. The summed E-state index contributed by atoms with van der Waals surface area (Å²) in [6.45, 7) is 5.23. The normalized spacial score (nSPS) is 12.4. The SMILES string of the molecule is C[Si-](C)(C)c1cc(C(=O)O)c(Cl)nc1OC(F)(F)F. The van der Waals surface area contributed by atoms with Crippen LogP contribution in [0.3, 0.4) is 0 Å². The van der Waals surface area contributed by atoms with E-state index >= 15 is 0 Å². The topological polar surface area (TPSA) is 59.4 Å². The van der Waals surface area contributed by atoms with E-state index in [4.69, 9.17) is 16.7 Å². The lowest BCUT2D eigenvalue weighted by molar-refractivity contribution is -0.275. The number of rotatable bonds is 3. The van der Waals surface area contributed by atoms with Gasteiger partial charge in [-0.3, -0.25) is 0 Å².